The smallest absolute Gasteiger partial charge is 0.140 e. The van der Waals surface area contributed by atoms with E-state index in [1.165, 1.54) is 51.4 Å². The summed E-state index contributed by atoms with van der Waals surface area (Å²) in [6.07, 6.45) is 12.4. The van der Waals surface area contributed by atoms with Gasteiger partial charge >= 0.3 is 0 Å². The number of rotatable bonds is 9. The van der Waals surface area contributed by atoms with Crippen molar-refractivity contribution in [3.63, 3.8) is 0 Å². The summed E-state index contributed by atoms with van der Waals surface area (Å²) in [5.74, 6) is 0.642. The Morgan fingerprint density at radius 3 is 2.35 bits per heavy atom. The van der Waals surface area contributed by atoms with Gasteiger partial charge in [-0.3, -0.25) is 4.79 Å². The van der Waals surface area contributed by atoms with Crippen LogP contribution in [0.25, 0.3) is 0 Å². The Hall–Kier alpha value is -0.370. The second kappa shape index (κ2) is 9.64. The minimum atomic E-state index is 0.212. The number of carbonyl (C=O) groups is 1. The Morgan fingerprint density at radius 1 is 1.06 bits per heavy atom. The van der Waals surface area contributed by atoms with Crippen molar-refractivity contribution in [2.24, 2.45) is 5.92 Å². The number of hydrogen-bond acceptors (Lipinski definition) is 2. The van der Waals surface area contributed by atoms with Crippen LogP contribution in [-0.2, 0) is 9.53 Å². The number of hydrogen-bond donors (Lipinski definition) is 0. The monoisotopic (exact) mass is 240 g/mol. The maximum atomic E-state index is 11.6. The van der Waals surface area contributed by atoms with Gasteiger partial charge in [0.2, 0.25) is 0 Å². The molecule has 0 bridgehead atoms. The van der Waals surface area contributed by atoms with Crippen LogP contribution in [0.5, 0.6) is 0 Å². The lowest BCUT2D eigenvalue weighted by Gasteiger charge is -2.20. The predicted molar refractivity (Wildman–Crippen MR) is 71.2 cm³/mol. The van der Waals surface area contributed by atoms with E-state index >= 15 is 0 Å². The maximum absolute atomic E-state index is 11.6. The van der Waals surface area contributed by atoms with Crippen molar-refractivity contribution in [1.29, 1.82) is 0 Å². The number of unbranched alkanes of at least 4 members (excludes halogenated alkanes) is 7. The molecule has 1 heterocycles. The SMILES string of the molecule is CCCCCCCCCCC1COCCC1=O. The van der Waals surface area contributed by atoms with Gasteiger partial charge in [0.25, 0.3) is 0 Å². The molecule has 1 aliphatic rings. The summed E-state index contributed by atoms with van der Waals surface area (Å²) in [5.41, 5.74) is 0. The van der Waals surface area contributed by atoms with Crippen LogP contribution in [0.3, 0.4) is 0 Å². The molecule has 0 N–H and O–H groups in total. The fourth-order valence-electron chi connectivity index (χ4n) is 2.46. The van der Waals surface area contributed by atoms with Crippen molar-refractivity contribution in [2.75, 3.05) is 13.2 Å². The minimum absolute atomic E-state index is 0.212. The van der Waals surface area contributed by atoms with Gasteiger partial charge in [-0.25, -0.2) is 0 Å². The van der Waals surface area contributed by atoms with E-state index in [9.17, 15) is 4.79 Å². The fraction of sp³-hybridized carbons (Fsp3) is 0.933. The van der Waals surface area contributed by atoms with E-state index in [2.05, 4.69) is 6.92 Å². The van der Waals surface area contributed by atoms with Crippen LogP contribution in [0.1, 0.15) is 71.1 Å². The molecule has 1 saturated heterocycles. The summed E-state index contributed by atoms with van der Waals surface area (Å²) >= 11 is 0. The van der Waals surface area contributed by atoms with Crippen molar-refractivity contribution < 1.29 is 9.53 Å². The number of carbonyl (C=O) groups excluding carboxylic acids is 1. The highest BCUT2D eigenvalue weighted by atomic mass is 16.5. The molecule has 17 heavy (non-hydrogen) atoms. The molecule has 0 aromatic heterocycles. The van der Waals surface area contributed by atoms with E-state index in [1.807, 2.05) is 0 Å². The predicted octanol–water partition coefficient (Wildman–Crippen LogP) is 4.12. The van der Waals surface area contributed by atoms with Gasteiger partial charge in [0.1, 0.15) is 5.78 Å². The van der Waals surface area contributed by atoms with Crippen molar-refractivity contribution in [3.8, 4) is 0 Å². The standard InChI is InChI=1S/C15H28O2/c1-2-3-4-5-6-7-8-9-10-14-13-17-12-11-15(14)16/h14H,2-13H2,1H3. The zero-order chi connectivity index (χ0) is 12.3. The lowest BCUT2D eigenvalue weighted by molar-refractivity contribution is -0.130. The molecule has 0 aliphatic carbocycles. The molecule has 0 spiro atoms. The van der Waals surface area contributed by atoms with Crippen molar-refractivity contribution in [2.45, 2.75) is 71.1 Å². The van der Waals surface area contributed by atoms with E-state index in [0.717, 1.165) is 6.42 Å². The van der Waals surface area contributed by atoms with E-state index in [1.54, 1.807) is 0 Å². The molecule has 0 saturated carbocycles. The Labute approximate surface area is 106 Å². The van der Waals surface area contributed by atoms with Gasteiger partial charge in [0.05, 0.1) is 13.2 Å². The molecule has 0 aromatic carbocycles. The van der Waals surface area contributed by atoms with Gasteiger partial charge in [-0.1, -0.05) is 58.3 Å². The molecule has 1 rings (SSSR count). The summed E-state index contributed by atoms with van der Waals surface area (Å²) < 4.78 is 5.35. The van der Waals surface area contributed by atoms with E-state index in [-0.39, 0.29) is 5.92 Å². The molecule has 100 valence electrons. The number of ether oxygens (including phenoxy) is 1. The summed E-state index contributed by atoms with van der Waals surface area (Å²) in [5, 5.41) is 0. The van der Waals surface area contributed by atoms with E-state index in [0.29, 0.717) is 25.4 Å². The van der Waals surface area contributed by atoms with Crippen LogP contribution in [0, 0.1) is 5.92 Å². The molecule has 2 heteroatoms. The second-order valence-corrected chi connectivity index (χ2v) is 5.25. The van der Waals surface area contributed by atoms with Gasteiger partial charge in [-0.05, 0) is 6.42 Å². The molecule has 1 atom stereocenters. The molecular weight excluding hydrogens is 212 g/mol. The molecule has 1 fully saturated rings. The van der Waals surface area contributed by atoms with Crippen LogP contribution in [-0.4, -0.2) is 19.0 Å². The first-order chi connectivity index (χ1) is 8.34. The second-order valence-electron chi connectivity index (χ2n) is 5.25. The maximum Gasteiger partial charge on any atom is 0.140 e. The summed E-state index contributed by atoms with van der Waals surface area (Å²) in [7, 11) is 0. The molecule has 0 aromatic rings. The zero-order valence-electron chi connectivity index (χ0n) is 11.4. The molecular formula is C15H28O2. The molecule has 0 amide bonds. The molecule has 2 nitrogen and oxygen atoms in total. The average molecular weight is 240 g/mol. The Kier molecular flexibility index (Phi) is 8.33. The number of ketones is 1. The van der Waals surface area contributed by atoms with Crippen LogP contribution in [0.2, 0.25) is 0 Å². The summed E-state index contributed by atoms with van der Waals surface area (Å²) in [4.78, 5) is 11.6. The normalized spacial score (nSPS) is 20.8. The topological polar surface area (TPSA) is 26.3 Å². The van der Waals surface area contributed by atoms with Crippen molar-refractivity contribution in [1.82, 2.24) is 0 Å². The van der Waals surface area contributed by atoms with Crippen LogP contribution < -0.4 is 0 Å². The highest BCUT2D eigenvalue weighted by Gasteiger charge is 2.21. The molecule has 1 aliphatic heterocycles. The first-order valence-corrected chi connectivity index (χ1v) is 7.45. The highest BCUT2D eigenvalue weighted by molar-refractivity contribution is 5.81. The van der Waals surface area contributed by atoms with Gasteiger partial charge in [-0.15, -0.1) is 0 Å². The zero-order valence-corrected chi connectivity index (χ0v) is 11.4. The molecule has 1 unspecified atom stereocenters. The summed E-state index contributed by atoms with van der Waals surface area (Å²) in [6, 6.07) is 0. The lowest BCUT2D eigenvalue weighted by atomic mass is 9.94. The van der Waals surface area contributed by atoms with E-state index in [4.69, 9.17) is 4.74 Å². The first-order valence-electron chi connectivity index (χ1n) is 7.45. The third-order valence-electron chi connectivity index (χ3n) is 3.67. The minimum Gasteiger partial charge on any atom is -0.380 e. The van der Waals surface area contributed by atoms with Crippen molar-refractivity contribution >= 4 is 5.78 Å². The Balaban J connectivity index is 1.88. The number of Topliss-reactive ketones (excluding diaryl/α,β-unsaturated/α-hetero) is 1. The Bertz CT molecular complexity index is 201. The van der Waals surface area contributed by atoms with Crippen LogP contribution >= 0.6 is 0 Å². The van der Waals surface area contributed by atoms with Crippen molar-refractivity contribution in [3.05, 3.63) is 0 Å². The van der Waals surface area contributed by atoms with Crippen LogP contribution in [0.4, 0.5) is 0 Å². The summed E-state index contributed by atoms with van der Waals surface area (Å²) in [6.45, 7) is 3.57. The third kappa shape index (κ3) is 6.82. The quantitative estimate of drug-likeness (QED) is 0.567. The highest BCUT2D eigenvalue weighted by Crippen LogP contribution is 2.18. The average Bonchev–Trinajstić information content (AvgIpc) is 2.35. The largest absolute Gasteiger partial charge is 0.380 e. The van der Waals surface area contributed by atoms with Gasteiger partial charge in [-0.2, -0.15) is 0 Å². The third-order valence-corrected chi connectivity index (χ3v) is 3.67. The lowest BCUT2D eigenvalue weighted by Crippen LogP contribution is -2.27. The fourth-order valence-corrected chi connectivity index (χ4v) is 2.46. The van der Waals surface area contributed by atoms with Gasteiger partial charge < -0.3 is 4.74 Å². The first kappa shape index (κ1) is 14.7. The van der Waals surface area contributed by atoms with Crippen LogP contribution in [0.15, 0.2) is 0 Å². The van der Waals surface area contributed by atoms with Gasteiger partial charge in [0, 0.05) is 12.3 Å². The Morgan fingerprint density at radius 2 is 1.71 bits per heavy atom. The van der Waals surface area contributed by atoms with Gasteiger partial charge in [0.15, 0.2) is 0 Å². The molecule has 0 radical (unpaired) electrons. The van der Waals surface area contributed by atoms with E-state index < -0.39 is 0 Å².